The van der Waals surface area contributed by atoms with E-state index in [-0.39, 0.29) is 26.1 Å². The molecule has 4 N–H and O–H groups in total. The molecule has 1 saturated heterocycles. The van der Waals surface area contributed by atoms with Crippen molar-refractivity contribution in [2.24, 2.45) is 0 Å². The summed E-state index contributed by atoms with van der Waals surface area (Å²) in [5.74, 6) is -0.848. The van der Waals surface area contributed by atoms with Crippen molar-refractivity contribution in [2.45, 2.75) is 211 Å². The summed E-state index contributed by atoms with van der Waals surface area (Å²) < 4.78 is 22.2. The number of ether oxygens (including phenoxy) is 4. The van der Waals surface area contributed by atoms with E-state index in [9.17, 15) is 30.0 Å². The molecule has 1 heterocycles. The molecule has 6 atom stereocenters. The van der Waals surface area contributed by atoms with Gasteiger partial charge in [-0.05, 0) is 83.5 Å². The summed E-state index contributed by atoms with van der Waals surface area (Å²) in [5.41, 5.74) is 0. The molecule has 1 aliphatic heterocycles. The lowest BCUT2D eigenvalue weighted by Crippen LogP contribution is -2.59. The Morgan fingerprint density at radius 2 is 0.983 bits per heavy atom. The van der Waals surface area contributed by atoms with Crippen molar-refractivity contribution in [3.05, 3.63) is 72.9 Å². The topological polar surface area (TPSA) is 152 Å². The van der Waals surface area contributed by atoms with Crippen LogP contribution in [0.25, 0.3) is 0 Å². The van der Waals surface area contributed by atoms with Crippen LogP contribution < -0.4 is 0 Å². The third-order valence-electron chi connectivity index (χ3n) is 10.3. The number of unbranched alkanes of at least 4 members (excludes halogenated alkanes) is 15. The minimum Gasteiger partial charge on any atom is -0.462 e. The fourth-order valence-corrected chi connectivity index (χ4v) is 6.62. The summed E-state index contributed by atoms with van der Waals surface area (Å²) in [4.78, 5) is 25.4. The first kappa shape index (κ1) is 55.2. The maximum Gasteiger partial charge on any atom is 0.306 e. The van der Waals surface area contributed by atoms with E-state index in [4.69, 9.17) is 18.9 Å². The Bertz CT molecular complexity index is 1210. The van der Waals surface area contributed by atoms with Crippen molar-refractivity contribution in [3.8, 4) is 0 Å². The molecule has 1 rings (SSSR count). The van der Waals surface area contributed by atoms with Crippen LogP contribution in [0.4, 0.5) is 0 Å². The third-order valence-corrected chi connectivity index (χ3v) is 10.3. The maximum absolute atomic E-state index is 12.8. The van der Waals surface area contributed by atoms with Crippen LogP contribution in [-0.4, -0.2) is 89.0 Å². The highest BCUT2D eigenvalue weighted by Gasteiger charge is 2.44. The van der Waals surface area contributed by atoms with Crippen LogP contribution in [0, 0.1) is 0 Å². The Hall–Kier alpha value is -2.86. The van der Waals surface area contributed by atoms with E-state index < -0.39 is 55.4 Å². The second kappa shape index (κ2) is 40.2. The predicted molar refractivity (Wildman–Crippen MR) is 242 cm³/mol. The average molecular weight is 845 g/mol. The van der Waals surface area contributed by atoms with Gasteiger partial charge in [0.2, 0.25) is 0 Å². The number of esters is 2. The molecule has 0 aromatic rings. The van der Waals surface area contributed by atoms with Gasteiger partial charge in [0.05, 0.1) is 13.2 Å². The predicted octanol–water partition coefficient (Wildman–Crippen LogP) is 10.4. The molecule has 10 heteroatoms. The molecule has 60 heavy (non-hydrogen) atoms. The summed E-state index contributed by atoms with van der Waals surface area (Å²) in [6.07, 6.45) is 43.3. The van der Waals surface area contributed by atoms with Crippen LogP contribution in [0.3, 0.4) is 0 Å². The molecule has 0 aromatic carbocycles. The number of hydrogen-bond acceptors (Lipinski definition) is 10. The monoisotopic (exact) mass is 845 g/mol. The van der Waals surface area contributed by atoms with Gasteiger partial charge < -0.3 is 39.4 Å². The van der Waals surface area contributed by atoms with E-state index in [2.05, 4.69) is 86.8 Å². The summed E-state index contributed by atoms with van der Waals surface area (Å²) in [7, 11) is 0. The minimum atomic E-state index is -1.60. The zero-order chi connectivity index (χ0) is 43.7. The molecule has 0 aliphatic carbocycles. The van der Waals surface area contributed by atoms with Crippen LogP contribution in [0.2, 0.25) is 0 Å². The van der Waals surface area contributed by atoms with Crippen LogP contribution in [0.1, 0.15) is 174 Å². The second-order valence-corrected chi connectivity index (χ2v) is 15.8. The lowest BCUT2D eigenvalue weighted by Gasteiger charge is -2.39. The zero-order valence-electron chi connectivity index (χ0n) is 37.4. The van der Waals surface area contributed by atoms with Gasteiger partial charge in [-0.3, -0.25) is 9.59 Å². The molecular formula is C50H84O10. The molecular weight excluding hydrogens is 761 g/mol. The molecule has 1 fully saturated rings. The molecule has 0 spiro atoms. The van der Waals surface area contributed by atoms with Gasteiger partial charge in [-0.2, -0.15) is 0 Å². The number of allylic oxidation sites excluding steroid dienone is 12. The zero-order valence-corrected chi connectivity index (χ0v) is 37.4. The lowest BCUT2D eigenvalue weighted by molar-refractivity contribution is -0.305. The van der Waals surface area contributed by atoms with Crippen molar-refractivity contribution in [2.75, 3.05) is 19.8 Å². The van der Waals surface area contributed by atoms with Crippen LogP contribution in [-0.2, 0) is 28.5 Å². The molecule has 10 nitrogen and oxygen atoms in total. The number of aliphatic hydroxyl groups is 4. The molecule has 0 saturated carbocycles. The summed E-state index contributed by atoms with van der Waals surface area (Å²) >= 11 is 0. The Labute approximate surface area is 363 Å². The Morgan fingerprint density at radius 3 is 1.48 bits per heavy atom. The Kier molecular flexibility index (Phi) is 37.0. The molecule has 344 valence electrons. The van der Waals surface area contributed by atoms with Crippen LogP contribution in [0.5, 0.6) is 0 Å². The molecule has 0 bridgehead atoms. The molecule has 0 amide bonds. The molecule has 6 unspecified atom stereocenters. The Balaban J connectivity index is 2.34. The van der Waals surface area contributed by atoms with E-state index in [1.165, 1.54) is 51.4 Å². The largest absolute Gasteiger partial charge is 0.462 e. The fourth-order valence-electron chi connectivity index (χ4n) is 6.62. The van der Waals surface area contributed by atoms with E-state index >= 15 is 0 Å². The first-order valence-electron chi connectivity index (χ1n) is 23.5. The van der Waals surface area contributed by atoms with Gasteiger partial charge in [0.25, 0.3) is 0 Å². The normalized spacial score (nSPS) is 20.5. The van der Waals surface area contributed by atoms with Crippen LogP contribution in [0.15, 0.2) is 72.9 Å². The summed E-state index contributed by atoms with van der Waals surface area (Å²) in [5, 5.41) is 40.1. The molecule has 0 radical (unpaired) electrons. The Morgan fingerprint density at radius 1 is 0.533 bits per heavy atom. The standard InChI is InChI=1S/C50H84O10/c1-3-5-7-9-11-13-15-17-19-21-23-24-26-28-30-32-34-36-38-45(52)57-41-43(42-58-50-49(56)48(55)47(54)44(40-51)60-50)59-46(53)39-37-35-33-31-29-27-25-22-20-18-16-14-12-10-8-6-4-2/h6,8,12-15,18-21,25,27,43-44,47-51,54-56H,3-5,7,9-11,16-17,22-24,26,28-42H2,1-2H3/b8-6-,14-12-,15-13-,20-18-,21-19-,27-25-. The number of aliphatic hydroxyl groups excluding tert-OH is 4. The third kappa shape index (κ3) is 31.1. The van der Waals surface area contributed by atoms with Crippen molar-refractivity contribution in [1.82, 2.24) is 0 Å². The fraction of sp³-hybridized carbons (Fsp3) is 0.720. The van der Waals surface area contributed by atoms with Crippen molar-refractivity contribution in [1.29, 1.82) is 0 Å². The minimum absolute atomic E-state index is 0.196. The number of rotatable bonds is 38. The summed E-state index contributed by atoms with van der Waals surface area (Å²) in [6.45, 7) is 3.25. The van der Waals surface area contributed by atoms with Crippen molar-refractivity contribution >= 4 is 11.9 Å². The highest BCUT2D eigenvalue weighted by Crippen LogP contribution is 2.22. The smallest absolute Gasteiger partial charge is 0.306 e. The number of carbonyl (C=O) groups is 2. The lowest BCUT2D eigenvalue weighted by atomic mass is 9.99. The quantitative estimate of drug-likeness (QED) is 0.0268. The van der Waals surface area contributed by atoms with Gasteiger partial charge in [-0.1, -0.05) is 151 Å². The van der Waals surface area contributed by atoms with Gasteiger partial charge >= 0.3 is 11.9 Å². The van der Waals surface area contributed by atoms with E-state index in [1.54, 1.807) is 0 Å². The maximum atomic E-state index is 12.8. The average Bonchev–Trinajstić information content (AvgIpc) is 3.25. The van der Waals surface area contributed by atoms with E-state index in [1.807, 2.05) is 0 Å². The van der Waals surface area contributed by atoms with Gasteiger partial charge in [0, 0.05) is 12.8 Å². The van der Waals surface area contributed by atoms with E-state index in [0.717, 1.165) is 83.5 Å². The number of hydrogen-bond donors (Lipinski definition) is 4. The van der Waals surface area contributed by atoms with Crippen molar-refractivity contribution < 1.29 is 49.0 Å². The molecule has 0 aromatic heterocycles. The van der Waals surface area contributed by atoms with Gasteiger partial charge in [0.15, 0.2) is 12.4 Å². The molecule has 1 aliphatic rings. The first-order valence-corrected chi connectivity index (χ1v) is 23.5. The highest BCUT2D eigenvalue weighted by atomic mass is 16.7. The van der Waals surface area contributed by atoms with Crippen LogP contribution >= 0.6 is 0 Å². The van der Waals surface area contributed by atoms with E-state index in [0.29, 0.717) is 12.8 Å². The second-order valence-electron chi connectivity index (χ2n) is 15.8. The first-order chi connectivity index (χ1) is 29.3. The number of carbonyl (C=O) groups excluding carboxylic acids is 2. The van der Waals surface area contributed by atoms with Gasteiger partial charge in [-0.15, -0.1) is 0 Å². The SMILES string of the molecule is CC/C=C\C/C=C\C/C=C\C/C=C\CCCCCCC(=O)OC(COC(=O)CCCCCCCCC/C=C\C/C=C\CCCCCC)COC1OC(CO)C(O)C(O)C1O. The van der Waals surface area contributed by atoms with Gasteiger partial charge in [0.1, 0.15) is 31.0 Å². The van der Waals surface area contributed by atoms with Crippen molar-refractivity contribution in [3.63, 3.8) is 0 Å². The van der Waals surface area contributed by atoms with Gasteiger partial charge in [-0.25, -0.2) is 0 Å². The summed E-state index contributed by atoms with van der Waals surface area (Å²) in [6, 6.07) is 0. The highest BCUT2D eigenvalue weighted by molar-refractivity contribution is 5.70.